The summed E-state index contributed by atoms with van der Waals surface area (Å²) in [6, 6.07) is 15.6. The topological polar surface area (TPSA) is 79.4 Å². The Bertz CT molecular complexity index is 1290. The molecule has 6 rings (SSSR count). The fourth-order valence-corrected chi connectivity index (χ4v) is 7.35. The number of anilines is 1. The molecule has 172 valence electrons. The van der Waals surface area contributed by atoms with Crippen molar-refractivity contribution >= 4 is 56.7 Å². The van der Waals surface area contributed by atoms with Crippen molar-refractivity contribution in [1.82, 2.24) is 10.3 Å². The highest BCUT2D eigenvalue weighted by Gasteiger charge is 2.59. The number of hydrogen-bond donors (Lipinski definition) is 1. The van der Waals surface area contributed by atoms with Gasteiger partial charge in [-0.1, -0.05) is 54.2 Å². The van der Waals surface area contributed by atoms with E-state index >= 15 is 0 Å². The molecule has 4 atom stereocenters. The molecule has 2 bridgehead atoms. The van der Waals surface area contributed by atoms with E-state index < -0.39 is 0 Å². The summed E-state index contributed by atoms with van der Waals surface area (Å²) in [5.41, 5.74) is 2.62. The number of thioether (sulfide) groups is 1. The fraction of sp³-hybridized carbons (Fsp3) is 0.308. The highest BCUT2D eigenvalue weighted by atomic mass is 32.2. The Morgan fingerprint density at radius 2 is 1.79 bits per heavy atom. The normalized spacial score (nSPS) is 24.9. The van der Waals surface area contributed by atoms with Crippen molar-refractivity contribution in [3.05, 3.63) is 66.2 Å². The van der Waals surface area contributed by atoms with Crippen molar-refractivity contribution in [3.8, 4) is 0 Å². The highest BCUT2D eigenvalue weighted by molar-refractivity contribution is 8.01. The monoisotopic (exact) mass is 489 g/mol. The zero-order chi connectivity index (χ0) is 23.2. The molecule has 2 aromatic carbocycles. The third-order valence-corrected chi connectivity index (χ3v) is 9.15. The predicted molar refractivity (Wildman–Crippen MR) is 134 cm³/mol. The lowest BCUT2D eigenvalue weighted by molar-refractivity contribution is -0.123. The number of thiazole rings is 1. The molecule has 1 saturated heterocycles. The number of hydrogen-bond acceptors (Lipinski definition) is 6. The van der Waals surface area contributed by atoms with Crippen molar-refractivity contribution in [2.75, 3.05) is 17.2 Å². The smallest absolute Gasteiger partial charge is 0.238 e. The molecule has 1 aliphatic heterocycles. The first-order valence-corrected chi connectivity index (χ1v) is 13.3. The van der Waals surface area contributed by atoms with Crippen LogP contribution < -0.4 is 10.2 Å². The molecule has 0 unspecified atom stereocenters. The van der Waals surface area contributed by atoms with E-state index in [1.54, 1.807) is 6.07 Å². The second-order valence-electron chi connectivity index (χ2n) is 9.02. The van der Waals surface area contributed by atoms with Gasteiger partial charge in [-0.05, 0) is 48.4 Å². The SMILES string of the molecule is O=C(CSc1nc2ccc(N3C(=O)[C@@H]4[C@H](C3=O)[C@H]3C=C[C@H]4C3)cc2s1)NCCc1ccccc1. The van der Waals surface area contributed by atoms with Crippen LogP contribution in [0.2, 0.25) is 0 Å². The van der Waals surface area contributed by atoms with Crippen LogP contribution >= 0.6 is 23.1 Å². The standard InChI is InChI=1S/C26H23N3O3S2/c30-21(27-11-10-15-4-2-1-3-5-15)14-33-26-28-19-9-8-18(13-20(19)34-26)29-24(31)22-16-6-7-17(12-16)23(22)25(29)32/h1-9,13,16-17,22-23H,10-12,14H2,(H,27,30)/t16-,17-,22-,23+/m0/s1. The van der Waals surface area contributed by atoms with Gasteiger partial charge in [-0.15, -0.1) is 11.3 Å². The quantitative estimate of drug-likeness (QED) is 0.308. The van der Waals surface area contributed by atoms with Gasteiger partial charge in [-0.3, -0.25) is 14.4 Å². The third kappa shape index (κ3) is 3.75. The first-order valence-electron chi connectivity index (χ1n) is 11.5. The number of allylic oxidation sites excluding steroid dienone is 2. The summed E-state index contributed by atoms with van der Waals surface area (Å²) in [6.07, 6.45) is 5.94. The molecule has 2 heterocycles. The Labute approximate surface area is 205 Å². The van der Waals surface area contributed by atoms with Crippen molar-refractivity contribution in [2.24, 2.45) is 23.7 Å². The number of amides is 3. The molecule has 6 nitrogen and oxygen atoms in total. The third-order valence-electron chi connectivity index (χ3n) is 6.99. The minimum Gasteiger partial charge on any atom is -0.355 e. The average Bonchev–Trinajstić information content (AvgIpc) is 3.61. The minimum absolute atomic E-state index is 0.0242. The number of nitrogens with one attached hydrogen (secondary N) is 1. The van der Waals surface area contributed by atoms with Gasteiger partial charge in [0, 0.05) is 6.54 Å². The Balaban J connectivity index is 1.09. The van der Waals surface area contributed by atoms with Crippen LogP contribution in [0, 0.1) is 23.7 Å². The molecule has 0 spiro atoms. The largest absolute Gasteiger partial charge is 0.355 e. The van der Waals surface area contributed by atoms with E-state index in [9.17, 15) is 14.4 Å². The molecule has 1 aromatic heterocycles. The van der Waals surface area contributed by atoms with Gasteiger partial charge in [0.1, 0.15) is 0 Å². The van der Waals surface area contributed by atoms with E-state index in [0.717, 1.165) is 27.4 Å². The molecule has 3 aromatic rings. The van der Waals surface area contributed by atoms with E-state index in [-0.39, 0.29) is 41.4 Å². The van der Waals surface area contributed by atoms with Crippen LogP contribution in [0.15, 0.2) is 65.0 Å². The molecule has 3 aliphatic rings. The predicted octanol–water partition coefficient (Wildman–Crippen LogP) is 4.06. The van der Waals surface area contributed by atoms with Crippen molar-refractivity contribution in [2.45, 2.75) is 17.2 Å². The van der Waals surface area contributed by atoms with E-state index in [0.29, 0.717) is 18.0 Å². The minimum atomic E-state index is -0.203. The van der Waals surface area contributed by atoms with Gasteiger partial charge in [-0.2, -0.15) is 0 Å². The van der Waals surface area contributed by atoms with Gasteiger partial charge in [0.15, 0.2) is 4.34 Å². The maximum absolute atomic E-state index is 13.1. The molecular weight excluding hydrogens is 466 g/mol. The second-order valence-corrected chi connectivity index (χ2v) is 11.3. The van der Waals surface area contributed by atoms with E-state index in [4.69, 9.17) is 0 Å². The van der Waals surface area contributed by atoms with Gasteiger partial charge in [0.05, 0.1) is 33.5 Å². The number of fused-ring (bicyclic) bond motifs is 6. The lowest BCUT2D eigenvalue weighted by atomic mass is 9.85. The first-order chi connectivity index (χ1) is 16.6. The van der Waals surface area contributed by atoms with Crippen LogP contribution in [0.1, 0.15) is 12.0 Å². The number of nitrogens with zero attached hydrogens (tertiary/aromatic N) is 2. The molecule has 0 radical (unpaired) electrons. The van der Waals surface area contributed by atoms with Gasteiger partial charge in [-0.25, -0.2) is 9.88 Å². The number of benzene rings is 2. The van der Waals surface area contributed by atoms with Gasteiger partial charge in [0.2, 0.25) is 17.7 Å². The van der Waals surface area contributed by atoms with E-state index in [1.807, 2.05) is 42.5 Å². The summed E-state index contributed by atoms with van der Waals surface area (Å²) in [4.78, 5) is 44.4. The number of carbonyl (C=O) groups excluding carboxylic acids is 3. The molecule has 1 saturated carbocycles. The van der Waals surface area contributed by atoms with Crippen LogP contribution in [0.3, 0.4) is 0 Å². The summed E-state index contributed by atoms with van der Waals surface area (Å²) in [5.74, 6) is 0.121. The summed E-state index contributed by atoms with van der Waals surface area (Å²) in [7, 11) is 0. The van der Waals surface area contributed by atoms with Crippen molar-refractivity contribution in [3.63, 3.8) is 0 Å². The second kappa shape index (κ2) is 8.67. The van der Waals surface area contributed by atoms with Crippen LogP contribution in [-0.4, -0.2) is 35.0 Å². The lowest BCUT2D eigenvalue weighted by Gasteiger charge is -2.17. The number of carbonyl (C=O) groups is 3. The van der Waals surface area contributed by atoms with Crippen molar-refractivity contribution < 1.29 is 14.4 Å². The molecule has 2 aliphatic carbocycles. The molecular formula is C26H23N3O3S2. The maximum atomic E-state index is 13.1. The van der Waals surface area contributed by atoms with Crippen LogP contribution in [0.4, 0.5) is 5.69 Å². The van der Waals surface area contributed by atoms with Gasteiger partial charge in [0.25, 0.3) is 0 Å². The van der Waals surface area contributed by atoms with Gasteiger partial charge >= 0.3 is 0 Å². The number of rotatable bonds is 7. The molecule has 1 N–H and O–H groups in total. The van der Waals surface area contributed by atoms with Gasteiger partial charge < -0.3 is 5.32 Å². The molecule has 2 fully saturated rings. The Hall–Kier alpha value is -2.97. The average molecular weight is 490 g/mol. The fourth-order valence-electron chi connectivity index (χ4n) is 5.42. The summed E-state index contributed by atoms with van der Waals surface area (Å²) in [6.45, 7) is 0.601. The van der Waals surface area contributed by atoms with Crippen LogP contribution in [0.5, 0.6) is 0 Å². The summed E-state index contributed by atoms with van der Waals surface area (Å²) in [5, 5.41) is 2.95. The van der Waals surface area contributed by atoms with Crippen LogP contribution in [0.25, 0.3) is 10.2 Å². The summed E-state index contributed by atoms with van der Waals surface area (Å²) >= 11 is 2.88. The van der Waals surface area contributed by atoms with E-state index in [2.05, 4.69) is 22.5 Å². The Morgan fingerprint density at radius 3 is 2.53 bits per heavy atom. The maximum Gasteiger partial charge on any atom is 0.238 e. The Kier molecular flexibility index (Phi) is 5.50. The first kappa shape index (κ1) is 21.6. The van der Waals surface area contributed by atoms with E-state index in [1.165, 1.54) is 33.6 Å². The zero-order valence-corrected chi connectivity index (χ0v) is 20.0. The summed E-state index contributed by atoms with van der Waals surface area (Å²) < 4.78 is 1.70. The molecule has 3 amide bonds. The molecule has 34 heavy (non-hydrogen) atoms. The van der Waals surface area contributed by atoms with Crippen molar-refractivity contribution in [1.29, 1.82) is 0 Å². The highest BCUT2D eigenvalue weighted by Crippen LogP contribution is 2.53. The lowest BCUT2D eigenvalue weighted by Crippen LogP contribution is -2.32. The number of imide groups is 1. The van der Waals surface area contributed by atoms with Crippen LogP contribution in [-0.2, 0) is 20.8 Å². The molecule has 8 heteroatoms. The number of aromatic nitrogens is 1. The Morgan fingerprint density at radius 1 is 1.06 bits per heavy atom. The zero-order valence-electron chi connectivity index (χ0n) is 18.3.